The maximum atomic E-state index is 10.9. The topological polar surface area (TPSA) is 35.5 Å². The predicted octanol–water partition coefficient (Wildman–Crippen LogP) is 0.478. The van der Waals surface area contributed by atoms with Crippen molar-refractivity contribution in [2.45, 2.75) is 25.8 Å². The number of hydrogen-bond acceptors (Lipinski definition) is 3. The summed E-state index contributed by atoms with van der Waals surface area (Å²) in [7, 11) is -0.593. The van der Waals surface area contributed by atoms with E-state index in [1.807, 2.05) is 6.92 Å². The number of rotatable bonds is 5. The molecule has 0 aromatic carbocycles. The summed E-state index contributed by atoms with van der Waals surface area (Å²) in [5, 5.41) is 0. The van der Waals surface area contributed by atoms with E-state index in [-0.39, 0.29) is 5.97 Å². The van der Waals surface area contributed by atoms with Gasteiger partial charge in [0.25, 0.3) is 5.97 Å². The Morgan fingerprint density at radius 3 is 2.92 bits per heavy atom. The van der Waals surface area contributed by atoms with Crippen molar-refractivity contribution in [3.63, 3.8) is 0 Å². The average Bonchev–Trinajstić information content (AvgIpc) is 1.95. The summed E-state index contributed by atoms with van der Waals surface area (Å²) >= 11 is 0. The summed E-state index contributed by atoms with van der Waals surface area (Å²) < 4.78 is 10.2. The Kier molecular flexibility index (Phi) is 4.32. The summed E-state index contributed by atoms with van der Waals surface area (Å²) in [5.74, 6) is 0.676. The van der Waals surface area contributed by atoms with Crippen molar-refractivity contribution in [3.05, 3.63) is 0 Å². The van der Waals surface area contributed by atoms with E-state index in [4.69, 9.17) is 9.16 Å². The van der Waals surface area contributed by atoms with Crippen LogP contribution in [0.15, 0.2) is 0 Å². The first kappa shape index (κ1) is 9.73. The third kappa shape index (κ3) is 3.36. The van der Waals surface area contributed by atoms with Crippen molar-refractivity contribution in [1.82, 2.24) is 0 Å². The Bertz CT molecular complexity index is 145. The molecule has 4 heteroatoms. The molecule has 0 amide bonds. The summed E-state index contributed by atoms with van der Waals surface area (Å²) in [5.41, 5.74) is 0. The van der Waals surface area contributed by atoms with Crippen molar-refractivity contribution < 1.29 is 14.0 Å². The molecule has 0 bridgehead atoms. The molecule has 1 aliphatic rings. The first-order valence-corrected chi connectivity index (χ1v) is 6.14. The van der Waals surface area contributed by atoms with Gasteiger partial charge in [-0.3, -0.25) is 4.79 Å². The van der Waals surface area contributed by atoms with Crippen LogP contribution in [0.1, 0.15) is 19.8 Å². The molecular formula is C8H16O3Si. The Labute approximate surface area is 75.4 Å². The highest BCUT2D eigenvalue weighted by Gasteiger charge is 2.18. The second kappa shape index (κ2) is 5.32. The monoisotopic (exact) mass is 188 g/mol. The fraction of sp³-hybridized carbons (Fsp3) is 0.875. The highest BCUT2D eigenvalue weighted by molar-refractivity contribution is 6.30. The third-order valence-electron chi connectivity index (χ3n) is 1.95. The van der Waals surface area contributed by atoms with Gasteiger partial charge in [0.05, 0.1) is 13.2 Å². The van der Waals surface area contributed by atoms with Gasteiger partial charge in [0.1, 0.15) is 0 Å². The Balaban J connectivity index is 1.90. The zero-order valence-corrected chi connectivity index (χ0v) is 8.96. The van der Waals surface area contributed by atoms with Gasteiger partial charge in [0.15, 0.2) is 0 Å². The summed E-state index contributed by atoms with van der Waals surface area (Å²) in [4.78, 5) is 10.9. The molecule has 1 fully saturated rings. The molecule has 0 aliphatic carbocycles. The quantitative estimate of drug-likeness (QED) is 0.589. The second-order valence-corrected chi connectivity index (χ2v) is 4.44. The van der Waals surface area contributed by atoms with E-state index in [0.717, 1.165) is 25.7 Å². The van der Waals surface area contributed by atoms with Crippen LogP contribution >= 0.6 is 0 Å². The van der Waals surface area contributed by atoms with Crippen LogP contribution < -0.4 is 0 Å². The minimum Gasteiger partial charge on any atom is -0.525 e. The molecule has 1 saturated heterocycles. The lowest BCUT2D eigenvalue weighted by Crippen LogP contribution is -2.29. The molecular weight excluding hydrogens is 172 g/mol. The van der Waals surface area contributed by atoms with E-state index in [1.54, 1.807) is 0 Å². The van der Waals surface area contributed by atoms with Gasteiger partial charge < -0.3 is 9.16 Å². The lowest BCUT2D eigenvalue weighted by Gasteiger charge is -2.25. The zero-order valence-electron chi connectivity index (χ0n) is 7.54. The number of hydrogen-bond donors (Lipinski definition) is 0. The highest BCUT2D eigenvalue weighted by atomic mass is 28.2. The van der Waals surface area contributed by atoms with E-state index < -0.39 is 9.76 Å². The standard InChI is InChI=1S/C8H16O3Si/c1-2-3-8(9)11-12-6-7-4-10-5-7/h7H,2-6,12H2,1H3. The summed E-state index contributed by atoms with van der Waals surface area (Å²) in [6.07, 6.45) is 1.47. The van der Waals surface area contributed by atoms with Crippen molar-refractivity contribution in [2.75, 3.05) is 13.2 Å². The molecule has 0 saturated carbocycles. The summed E-state index contributed by atoms with van der Waals surface area (Å²) in [6.45, 7) is 3.74. The highest BCUT2D eigenvalue weighted by Crippen LogP contribution is 2.14. The number of ether oxygens (including phenoxy) is 1. The van der Waals surface area contributed by atoms with Crippen LogP contribution in [-0.4, -0.2) is 28.9 Å². The van der Waals surface area contributed by atoms with Crippen LogP contribution in [0.5, 0.6) is 0 Å². The van der Waals surface area contributed by atoms with Crippen LogP contribution in [0.25, 0.3) is 0 Å². The van der Waals surface area contributed by atoms with Crippen LogP contribution in [0.3, 0.4) is 0 Å². The van der Waals surface area contributed by atoms with E-state index in [9.17, 15) is 4.79 Å². The van der Waals surface area contributed by atoms with Gasteiger partial charge >= 0.3 is 0 Å². The fourth-order valence-corrected chi connectivity index (χ4v) is 2.22. The van der Waals surface area contributed by atoms with E-state index in [2.05, 4.69) is 0 Å². The van der Waals surface area contributed by atoms with E-state index in [0.29, 0.717) is 12.3 Å². The van der Waals surface area contributed by atoms with Gasteiger partial charge in [-0.15, -0.1) is 0 Å². The number of carbonyl (C=O) groups is 1. The minimum absolute atomic E-state index is 0.00981. The zero-order chi connectivity index (χ0) is 8.81. The SMILES string of the molecule is CCCC(=O)O[SiH2]CC1COC1. The van der Waals surface area contributed by atoms with Crippen LogP contribution in [-0.2, 0) is 14.0 Å². The van der Waals surface area contributed by atoms with Gasteiger partial charge in [0, 0.05) is 12.3 Å². The minimum atomic E-state index is -0.593. The maximum absolute atomic E-state index is 10.9. The average molecular weight is 188 g/mol. The van der Waals surface area contributed by atoms with Gasteiger partial charge in [-0.2, -0.15) is 0 Å². The third-order valence-corrected chi connectivity index (χ3v) is 3.53. The van der Waals surface area contributed by atoms with E-state index in [1.165, 1.54) is 0 Å². The van der Waals surface area contributed by atoms with Crippen molar-refractivity contribution >= 4 is 15.7 Å². The molecule has 0 unspecified atom stereocenters. The van der Waals surface area contributed by atoms with Crippen molar-refractivity contribution in [3.8, 4) is 0 Å². The van der Waals surface area contributed by atoms with Gasteiger partial charge in [0.2, 0.25) is 9.76 Å². The molecule has 1 rings (SSSR count). The Hall–Kier alpha value is -0.353. The first-order chi connectivity index (χ1) is 5.83. The molecule has 0 radical (unpaired) electrons. The van der Waals surface area contributed by atoms with Crippen molar-refractivity contribution in [2.24, 2.45) is 5.92 Å². The molecule has 0 N–H and O–H groups in total. The number of carbonyl (C=O) groups excluding carboxylic acids is 1. The van der Waals surface area contributed by atoms with E-state index >= 15 is 0 Å². The molecule has 12 heavy (non-hydrogen) atoms. The van der Waals surface area contributed by atoms with Gasteiger partial charge in [-0.1, -0.05) is 6.92 Å². The van der Waals surface area contributed by atoms with Crippen molar-refractivity contribution in [1.29, 1.82) is 0 Å². The molecule has 3 nitrogen and oxygen atoms in total. The van der Waals surface area contributed by atoms with Gasteiger partial charge in [-0.05, 0) is 12.5 Å². The first-order valence-electron chi connectivity index (χ1n) is 4.56. The molecule has 1 heterocycles. The molecule has 1 aliphatic heterocycles. The fourth-order valence-electron chi connectivity index (χ4n) is 1.07. The largest absolute Gasteiger partial charge is 0.525 e. The second-order valence-electron chi connectivity index (χ2n) is 3.16. The molecule has 0 spiro atoms. The maximum Gasteiger partial charge on any atom is 0.292 e. The van der Waals surface area contributed by atoms with Crippen LogP contribution in [0, 0.1) is 5.92 Å². The lowest BCUT2D eigenvalue weighted by molar-refractivity contribution is -0.134. The smallest absolute Gasteiger partial charge is 0.292 e. The summed E-state index contributed by atoms with van der Waals surface area (Å²) in [6, 6.07) is 1.09. The van der Waals surface area contributed by atoms with Crippen LogP contribution in [0.4, 0.5) is 0 Å². The van der Waals surface area contributed by atoms with Crippen LogP contribution in [0.2, 0.25) is 6.04 Å². The Morgan fingerprint density at radius 2 is 2.42 bits per heavy atom. The lowest BCUT2D eigenvalue weighted by atomic mass is 10.1. The molecule has 0 aromatic heterocycles. The molecule has 0 aromatic rings. The molecule has 0 atom stereocenters. The molecule has 70 valence electrons. The predicted molar refractivity (Wildman–Crippen MR) is 48.7 cm³/mol. The van der Waals surface area contributed by atoms with Gasteiger partial charge in [-0.25, -0.2) is 0 Å². The Morgan fingerprint density at radius 1 is 1.67 bits per heavy atom. The normalized spacial score (nSPS) is 18.1.